The smallest absolute Gasteiger partial charge is 0.226 e. The number of nitrogen functional groups attached to an aromatic ring is 1. The minimum atomic E-state index is 0.256. The summed E-state index contributed by atoms with van der Waals surface area (Å²) in [6.45, 7) is 2.35. The second-order valence-corrected chi connectivity index (χ2v) is 5.20. The first kappa shape index (κ1) is 13.6. The minimum Gasteiger partial charge on any atom is -0.383 e. The third-order valence-corrected chi connectivity index (χ3v) is 3.68. The van der Waals surface area contributed by atoms with E-state index in [-0.39, 0.29) is 5.91 Å². The summed E-state index contributed by atoms with van der Waals surface area (Å²) in [7, 11) is 1.82. The molecule has 112 valence electrons. The van der Waals surface area contributed by atoms with E-state index in [1.807, 2.05) is 11.9 Å². The Balaban J connectivity index is 1.58. The van der Waals surface area contributed by atoms with Crippen molar-refractivity contribution in [1.29, 1.82) is 0 Å². The van der Waals surface area contributed by atoms with Crippen LogP contribution in [0, 0.1) is 0 Å². The molecule has 8 nitrogen and oxygen atoms in total. The molecular weight excluding hydrogens is 270 g/mol. The summed E-state index contributed by atoms with van der Waals surface area (Å²) in [6.07, 6.45) is 4.18. The highest BCUT2D eigenvalue weighted by Crippen LogP contribution is 2.18. The second-order valence-electron chi connectivity index (χ2n) is 5.20. The van der Waals surface area contributed by atoms with Crippen LogP contribution >= 0.6 is 0 Å². The van der Waals surface area contributed by atoms with Gasteiger partial charge in [0.25, 0.3) is 0 Å². The predicted molar refractivity (Wildman–Crippen MR) is 79.6 cm³/mol. The highest BCUT2D eigenvalue weighted by atomic mass is 16.2. The Morgan fingerprint density at radius 1 is 1.43 bits per heavy atom. The summed E-state index contributed by atoms with van der Waals surface area (Å²) in [6, 6.07) is 0. The zero-order chi connectivity index (χ0) is 14.8. The standard InChI is InChI=1S/C13H19N7O/c1-19-12-9(8-16-19)11(14)17-13(18-12)15-5-3-7-20-6-2-4-10(20)21/h8H,2-7H2,1H3,(H3,14,15,17,18). The first-order chi connectivity index (χ1) is 10.1. The van der Waals surface area contributed by atoms with Crippen molar-refractivity contribution in [3.63, 3.8) is 0 Å². The Morgan fingerprint density at radius 3 is 3.05 bits per heavy atom. The molecule has 21 heavy (non-hydrogen) atoms. The Labute approximate surface area is 122 Å². The average molecular weight is 289 g/mol. The van der Waals surface area contributed by atoms with Crippen LogP contribution in [0.25, 0.3) is 11.0 Å². The fraction of sp³-hybridized carbons (Fsp3) is 0.538. The normalized spacial score (nSPS) is 15.1. The molecule has 1 fully saturated rings. The maximum absolute atomic E-state index is 11.5. The van der Waals surface area contributed by atoms with E-state index in [1.54, 1.807) is 10.9 Å². The molecule has 3 heterocycles. The highest BCUT2D eigenvalue weighted by Gasteiger charge is 2.19. The Bertz CT molecular complexity index is 666. The second kappa shape index (κ2) is 5.55. The lowest BCUT2D eigenvalue weighted by Crippen LogP contribution is -2.27. The highest BCUT2D eigenvalue weighted by molar-refractivity contribution is 5.86. The van der Waals surface area contributed by atoms with Crippen molar-refractivity contribution >= 4 is 28.7 Å². The molecule has 0 bridgehead atoms. The van der Waals surface area contributed by atoms with Crippen molar-refractivity contribution in [2.75, 3.05) is 30.7 Å². The van der Waals surface area contributed by atoms with E-state index in [2.05, 4.69) is 20.4 Å². The SMILES string of the molecule is Cn1ncc2c(N)nc(NCCCN3CCCC3=O)nc21. The molecule has 0 atom stereocenters. The maximum atomic E-state index is 11.5. The molecule has 0 unspecified atom stereocenters. The first-order valence-corrected chi connectivity index (χ1v) is 7.12. The molecule has 3 rings (SSSR count). The van der Waals surface area contributed by atoms with Gasteiger partial charge in [0.05, 0.1) is 11.6 Å². The van der Waals surface area contributed by atoms with Gasteiger partial charge in [0.2, 0.25) is 11.9 Å². The summed E-state index contributed by atoms with van der Waals surface area (Å²) in [5.41, 5.74) is 6.60. The van der Waals surface area contributed by atoms with Crippen molar-refractivity contribution in [3.05, 3.63) is 6.20 Å². The predicted octanol–water partition coefficient (Wildman–Crippen LogP) is 0.370. The van der Waals surface area contributed by atoms with Gasteiger partial charge in [0, 0.05) is 33.1 Å². The van der Waals surface area contributed by atoms with E-state index in [0.29, 0.717) is 30.4 Å². The molecular formula is C13H19N7O. The molecule has 3 N–H and O–H groups in total. The van der Waals surface area contributed by atoms with Crippen molar-refractivity contribution in [1.82, 2.24) is 24.6 Å². The molecule has 1 saturated heterocycles. The molecule has 0 saturated carbocycles. The van der Waals surface area contributed by atoms with E-state index in [4.69, 9.17) is 5.73 Å². The quantitative estimate of drug-likeness (QED) is 0.771. The van der Waals surface area contributed by atoms with Gasteiger partial charge in [-0.2, -0.15) is 15.1 Å². The van der Waals surface area contributed by atoms with E-state index < -0.39 is 0 Å². The number of nitrogens with zero attached hydrogens (tertiary/aromatic N) is 5. The summed E-state index contributed by atoms with van der Waals surface area (Å²) < 4.78 is 1.67. The monoisotopic (exact) mass is 289 g/mol. The fourth-order valence-electron chi connectivity index (χ4n) is 2.53. The number of carbonyl (C=O) groups is 1. The number of anilines is 2. The minimum absolute atomic E-state index is 0.256. The topological polar surface area (TPSA) is 102 Å². The number of rotatable bonds is 5. The van der Waals surface area contributed by atoms with Crippen LogP contribution in [0.4, 0.5) is 11.8 Å². The number of fused-ring (bicyclic) bond motifs is 1. The van der Waals surface area contributed by atoms with E-state index in [0.717, 1.165) is 31.3 Å². The van der Waals surface area contributed by atoms with Crippen molar-refractivity contribution < 1.29 is 4.79 Å². The number of aryl methyl sites for hydroxylation is 1. The van der Waals surface area contributed by atoms with Crippen LogP contribution in [0.5, 0.6) is 0 Å². The van der Waals surface area contributed by atoms with Crippen molar-refractivity contribution in [2.24, 2.45) is 7.05 Å². The average Bonchev–Trinajstić information content (AvgIpc) is 3.03. The molecule has 1 aliphatic rings. The zero-order valence-corrected chi connectivity index (χ0v) is 12.0. The van der Waals surface area contributed by atoms with E-state index in [9.17, 15) is 4.79 Å². The summed E-state index contributed by atoms with van der Waals surface area (Å²) >= 11 is 0. The number of aromatic nitrogens is 4. The van der Waals surface area contributed by atoms with Gasteiger partial charge in [0.15, 0.2) is 5.65 Å². The summed E-state index contributed by atoms with van der Waals surface area (Å²) in [5.74, 6) is 1.17. The van der Waals surface area contributed by atoms with Crippen LogP contribution in [0.3, 0.4) is 0 Å². The van der Waals surface area contributed by atoms with Gasteiger partial charge >= 0.3 is 0 Å². The van der Waals surface area contributed by atoms with Crippen LogP contribution in [-0.2, 0) is 11.8 Å². The summed E-state index contributed by atoms with van der Waals surface area (Å²) in [4.78, 5) is 22.0. The number of likely N-dealkylation sites (tertiary alicyclic amines) is 1. The molecule has 8 heteroatoms. The maximum Gasteiger partial charge on any atom is 0.226 e. The van der Waals surface area contributed by atoms with E-state index >= 15 is 0 Å². The molecule has 2 aromatic rings. The number of hydrogen-bond acceptors (Lipinski definition) is 6. The first-order valence-electron chi connectivity index (χ1n) is 7.12. The lowest BCUT2D eigenvalue weighted by molar-refractivity contribution is -0.127. The molecule has 0 radical (unpaired) electrons. The summed E-state index contributed by atoms with van der Waals surface area (Å²) in [5, 5.41) is 8.02. The lowest BCUT2D eigenvalue weighted by atomic mass is 10.4. The van der Waals surface area contributed by atoms with Crippen LogP contribution in [0.1, 0.15) is 19.3 Å². The van der Waals surface area contributed by atoms with Gasteiger partial charge in [-0.05, 0) is 12.8 Å². The number of nitrogens with one attached hydrogen (secondary N) is 1. The third kappa shape index (κ3) is 2.74. The molecule has 0 spiro atoms. The Hall–Kier alpha value is -2.38. The van der Waals surface area contributed by atoms with Crippen LogP contribution in [0.15, 0.2) is 6.20 Å². The number of amides is 1. The Kier molecular flexibility index (Phi) is 3.59. The zero-order valence-electron chi connectivity index (χ0n) is 12.0. The van der Waals surface area contributed by atoms with Crippen molar-refractivity contribution in [3.8, 4) is 0 Å². The molecule has 2 aromatic heterocycles. The van der Waals surface area contributed by atoms with Crippen LogP contribution < -0.4 is 11.1 Å². The van der Waals surface area contributed by atoms with Gasteiger partial charge in [-0.15, -0.1) is 0 Å². The molecule has 0 aliphatic carbocycles. The molecule has 1 amide bonds. The number of hydrogen-bond donors (Lipinski definition) is 2. The van der Waals surface area contributed by atoms with Crippen LogP contribution in [0.2, 0.25) is 0 Å². The Morgan fingerprint density at radius 2 is 2.29 bits per heavy atom. The van der Waals surface area contributed by atoms with Gasteiger partial charge in [-0.1, -0.05) is 0 Å². The number of carbonyl (C=O) groups excluding carboxylic acids is 1. The van der Waals surface area contributed by atoms with Crippen LogP contribution in [-0.4, -0.2) is 50.2 Å². The van der Waals surface area contributed by atoms with Gasteiger partial charge in [-0.3, -0.25) is 9.48 Å². The molecule has 0 aromatic carbocycles. The van der Waals surface area contributed by atoms with Crippen molar-refractivity contribution in [2.45, 2.75) is 19.3 Å². The van der Waals surface area contributed by atoms with Gasteiger partial charge < -0.3 is 16.0 Å². The van der Waals surface area contributed by atoms with E-state index in [1.165, 1.54) is 0 Å². The lowest BCUT2D eigenvalue weighted by Gasteiger charge is -2.15. The van der Waals surface area contributed by atoms with Gasteiger partial charge in [-0.25, -0.2) is 0 Å². The number of nitrogens with two attached hydrogens (primary N) is 1. The fourth-order valence-corrected chi connectivity index (χ4v) is 2.53. The van der Waals surface area contributed by atoms with Gasteiger partial charge in [0.1, 0.15) is 5.82 Å². The third-order valence-electron chi connectivity index (χ3n) is 3.68. The molecule has 1 aliphatic heterocycles. The largest absolute Gasteiger partial charge is 0.383 e.